The Hall–Kier alpha value is -2.66. The van der Waals surface area contributed by atoms with Gasteiger partial charge in [-0.05, 0) is 47.9 Å². The molecule has 0 saturated carbocycles. The molecule has 0 amide bonds. The zero-order valence-electron chi connectivity index (χ0n) is 12.8. The zero-order valence-corrected chi connectivity index (χ0v) is 13.5. The van der Waals surface area contributed by atoms with Crippen LogP contribution in [0.3, 0.4) is 0 Å². The van der Waals surface area contributed by atoms with Crippen molar-refractivity contribution in [1.82, 2.24) is 14.8 Å². The summed E-state index contributed by atoms with van der Waals surface area (Å²) in [4.78, 5) is 12.1. The molecule has 0 saturated heterocycles. The summed E-state index contributed by atoms with van der Waals surface area (Å²) in [6, 6.07) is 13.3. The summed E-state index contributed by atoms with van der Waals surface area (Å²) < 4.78 is 7.47. The molecule has 0 atom stereocenters. The van der Waals surface area contributed by atoms with Crippen LogP contribution in [0.2, 0.25) is 5.02 Å². The predicted molar refractivity (Wildman–Crippen MR) is 90.8 cm³/mol. The fraction of sp³-hybridized carbons (Fsp3) is 0.167. The molecule has 2 aromatic carbocycles. The number of fused-ring (bicyclic) bond motifs is 3. The fourth-order valence-electron chi connectivity index (χ4n) is 2.90. The normalized spacial score (nSPS) is 12.4. The van der Waals surface area contributed by atoms with Gasteiger partial charge in [0.05, 0.1) is 5.69 Å². The maximum Gasteiger partial charge on any atom is 0.276 e. The molecule has 1 aliphatic rings. The van der Waals surface area contributed by atoms with Gasteiger partial charge in [0.2, 0.25) is 0 Å². The number of hydrogen-bond donors (Lipinski definition) is 0. The van der Waals surface area contributed by atoms with E-state index in [1.165, 1.54) is 6.20 Å². The van der Waals surface area contributed by atoms with Crippen LogP contribution in [0, 0.1) is 0 Å². The van der Waals surface area contributed by atoms with Crippen LogP contribution in [-0.2, 0) is 19.4 Å². The van der Waals surface area contributed by atoms with Gasteiger partial charge in [-0.3, -0.25) is 9.36 Å². The maximum absolute atomic E-state index is 12.1. The molecule has 0 spiro atoms. The number of aromatic nitrogens is 3. The number of halogens is 1. The monoisotopic (exact) mass is 339 g/mol. The van der Waals surface area contributed by atoms with Crippen LogP contribution in [0.1, 0.15) is 17.0 Å². The summed E-state index contributed by atoms with van der Waals surface area (Å²) >= 11 is 5.99. The highest BCUT2D eigenvalue weighted by molar-refractivity contribution is 6.30. The molecule has 24 heavy (non-hydrogen) atoms. The SMILES string of the molecule is O=c1cnnc2n1-c1ccc(OCc3cccc(Cl)c3)cc1CC2. The first kappa shape index (κ1) is 14.9. The van der Waals surface area contributed by atoms with Crippen molar-refractivity contribution in [1.29, 1.82) is 0 Å². The Morgan fingerprint density at radius 1 is 1.17 bits per heavy atom. The standard InChI is InChI=1S/C18H14ClN3O2/c19-14-3-1-2-12(8-14)11-24-15-5-6-16-13(9-15)4-7-17-21-20-10-18(23)22(16)17/h1-3,5-6,8-10H,4,7,11H2. The summed E-state index contributed by atoms with van der Waals surface area (Å²) in [6.07, 6.45) is 2.73. The quantitative estimate of drug-likeness (QED) is 0.736. The molecular weight excluding hydrogens is 326 g/mol. The average Bonchev–Trinajstić information content (AvgIpc) is 2.60. The third-order valence-corrected chi connectivity index (χ3v) is 4.26. The molecule has 0 fully saturated rings. The van der Waals surface area contributed by atoms with Crippen LogP contribution >= 0.6 is 11.6 Å². The van der Waals surface area contributed by atoms with E-state index in [0.29, 0.717) is 23.9 Å². The number of hydrogen-bond acceptors (Lipinski definition) is 4. The minimum Gasteiger partial charge on any atom is -0.489 e. The summed E-state index contributed by atoms with van der Waals surface area (Å²) in [6.45, 7) is 0.446. The Morgan fingerprint density at radius 2 is 2.08 bits per heavy atom. The van der Waals surface area contributed by atoms with Gasteiger partial charge in [-0.1, -0.05) is 23.7 Å². The van der Waals surface area contributed by atoms with Gasteiger partial charge in [0.25, 0.3) is 5.56 Å². The van der Waals surface area contributed by atoms with E-state index in [2.05, 4.69) is 10.2 Å². The lowest BCUT2D eigenvalue weighted by Crippen LogP contribution is -2.28. The lowest BCUT2D eigenvalue weighted by atomic mass is 10.0. The first-order valence-electron chi connectivity index (χ1n) is 7.65. The van der Waals surface area contributed by atoms with Crippen molar-refractivity contribution in [3.05, 3.63) is 81.0 Å². The number of aryl methyl sites for hydroxylation is 2. The van der Waals surface area contributed by atoms with E-state index in [9.17, 15) is 4.79 Å². The highest BCUT2D eigenvalue weighted by Crippen LogP contribution is 2.26. The molecule has 6 heteroatoms. The Labute approximate surface area is 143 Å². The van der Waals surface area contributed by atoms with Crippen molar-refractivity contribution >= 4 is 11.6 Å². The van der Waals surface area contributed by atoms with Crippen LogP contribution in [0.4, 0.5) is 0 Å². The second kappa shape index (κ2) is 6.09. The molecule has 1 aromatic heterocycles. The number of nitrogens with zero attached hydrogens (tertiary/aromatic N) is 3. The molecular formula is C18H14ClN3O2. The number of benzene rings is 2. The first-order valence-corrected chi connectivity index (χ1v) is 8.03. The van der Waals surface area contributed by atoms with Crippen molar-refractivity contribution < 1.29 is 4.74 Å². The van der Waals surface area contributed by atoms with Gasteiger partial charge >= 0.3 is 0 Å². The van der Waals surface area contributed by atoms with Crippen LogP contribution in [0.25, 0.3) is 5.69 Å². The molecule has 120 valence electrons. The lowest BCUT2D eigenvalue weighted by Gasteiger charge is -2.20. The van der Waals surface area contributed by atoms with Crippen molar-refractivity contribution in [3.8, 4) is 11.4 Å². The van der Waals surface area contributed by atoms with Gasteiger partial charge in [-0.25, -0.2) is 0 Å². The third kappa shape index (κ3) is 2.78. The van der Waals surface area contributed by atoms with Gasteiger partial charge in [0.15, 0.2) is 0 Å². The topological polar surface area (TPSA) is 57.0 Å². The molecule has 1 aliphatic heterocycles. The van der Waals surface area contributed by atoms with E-state index in [1.54, 1.807) is 4.57 Å². The van der Waals surface area contributed by atoms with E-state index >= 15 is 0 Å². The van der Waals surface area contributed by atoms with Crippen LogP contribution in [-0.4, -0.2) is 14.8 Å². The summed E-state index contributed by atoms with van der Waals surface area (Å²) in [5, 5.41) is 8.49. The van der Waals surface area contributed by atoms with Crippen molar-refractivity contribution in [2.24, 2.45) is 0 Å². The van der Waals surface area contributed by atoms with E-state index in [4.69, 9.17) is 16.3 Å². The van der Waals surface area contributed by atoms with Crippen LogP contribution in [0.5, 0.6) is 5.75 Å². The smallest absolute Gasteiger partial charge is 0.276 e. The van der Waals surface area contributed by atoms with Crippen LogP contribution in [0.15, 0.2) is 53.5 Å². The van der Waals surface area contributed by atoms with Gasteiger partial charge in [0, 0.05) is 11.4 Å². The second-order valence-corrected chi connectivity index (χ2v) is 6.08. The Balaban J connectivity index is 1.61. The van der Waals surface area contributed by atoms with Gasteiger partial charge in [0.1, 0.15) is 24.4 Å². The zero-order chi connectivity index (χ0) is 16.5. The number of rotatable bonds is 3. The summed E-state index contributed by atoms with van der Waals surface area (Å²) in [5.41, 5.74) is 2.78. The molecule has 0 bridgehead atoms. The molecule has 2 heterocycles. The maximum atomic E-state index is 12.1. The molecule has 5 nitrogen and oxygen atoms in total. The largest absolute Gasteiger partial charge is 0.489 e. The van der Waals surface area contributed by atoms with Crippen molar-refractivity contribution in [2.75, 3.05) is 0 Å². The van der Waals surface area contributed by atoms with E-state index in [1.807, 2.05) is 42.5 Å². The molecule has 0 unspecified atom stereocenters. The minimum absolute atomic E-state index is 0.159. The van der Waals surface area contributed by atoms with Gasteiger partial charge in [-0.15, -0.1) is 5.10 Å². The molecule has 0 N–H and O–H groups in total. The Morgan fingerprint density at radius 3 is 2.96 bits per heavy atom. The molecule has 0 aliphatic carbocycles. The third-order valence-electron chi connectivity index (χ3n) is 4.02. The molecule has 4 rings (SSSR count). The Kier molecular flexibility index (Phi) is 3.78. The summed E-state index contributed by atoms with van der Waals surface area (Å²) in [7, 11) is 0. The number of ether oxygens (including phenoxy) is 1. The summed E-state index contributed by atoms with van der Waals surface area (Å²) in [5.74, 6) is 1.47. The van der Waals surface area contributed by atoms with Gasteiger partial charge < -0.3 is 4.74 Å². The van der Waals surface area contributed by atoms with E-state index < -0.39 is 0 Å². The lowest BCUT2D eigenvalue weighted by molar-refractivity contribution is 0.306. The molecule has 0 radical (unpaired) electrons. The highest BCUT2D eigenvalue weighted by atomic mass is 35.5. The Bertz CT molecular complexity index is 968. The predicted octanol–water partition coefficient (Wildman–Crippen LogP) is 2.96. The average molecular weight is 340 g/mol. The van der Waals surface area contributed by atoms with Crippen molar-refractivity contribution in [3.63, 3.8) is 0 Å². The van der Waals surface area contributed by atoms with Crippen LogP contribution < -0.4 is 10.3 Å². The minimum atomic E-state index is -0.159. The first-order chi connectivity index (χ1) is 11.7. The molecule has 3 aromatic rings. The van der Waals surface area contributed by atoms with E-state index in [-0.39, 0.29) is 5.56 Å². The van der Waals surface area contributed by atoms with E-state index in [0.717, 1.165) is 29.0 Å². The highest BCUT2D eigenvalue weighted by Gasteiger charge is 2.18. The fourth-order valence-corrected chi connectivity index (χ4v) is 3.12. The van der Waals surface area contributed by atoms with Gasteiger partial charge in [-0.2, -0.15) is 5.10 Å². The van der Waals surface area contributed by atoms with Crippen molar-refractivity contribution in [2.45, 2.75) is 19.4 Å². The second-order valence-electron chi connectivity index (χ2n) is 5.64.